The molecule has 0 aromatic rings. The summed E-state index contributed by atoms with van der Waals surface area (Å²) in [6.45, 7) is 12.6. The van der Waals surface area contributed by atoms with Gasteiger partial charge in [-0.05, 0) is 0 Å². The third kappa shape index (κ3) is 2.61. The van der Waals surface area contributed by atoms with E-state index in [4.69, 9.17) is 4.74 Å². The van der Waals surface area contributed by atoms with Gasteiger partial charge in [-0.15, -0.1) is 0 Å². The Bertz CT molecular complexity index is 326. The van der Waals surface area contributed by atoms with Crippen molar-refractivity contribution in [1.82, 2.24) is 25.3 Å². The second kappa shape index (κ2) is 5.87. The molecule has 114 valence electrons. The van der Waals surface area contributed by atoms with Gasteiger partial charge in [0.2, 0.25) is 0 Å². The van der Waals surface area contributed by atoms with E-state index in [0.29, 0.717) is 12.2 Å². The van der Waals surface area contributed by atoms with Crippen LogP contribution in [-0.4, -0.2) is 105 Å². The van der Waals surface area contributed by atoms with Gasteiger partial charge in [0.15, 0.2) is 0 Å². The molecule has 0 amide bonds. The Morgan fingerprint density at radius 1 is 0.800 bits per heavy atom. The van der Waals surface area contributed by atoms with Gasteiger partial charge < -0.3 is 10.1 Å². The SMILES string of the molecule is C1CN(C2CNC2)CC(N2CCN(C3COC3)CC2)N1. The molecule has 0 saturated carbocycles. The Morgan fingerprint density at radius 3 is 2.15 bits per heavy atom. The van der Waals surface area contributed by atoms with E-state index >= 15 is 0 Å². The lowest BCUT2D eigenvalue weighted by Crippen LogP contribution is -2.68. The van der Waals surface area contributed by atoms with Crippen molar-refractivity contribution < 1.29 is 4.74 Å². The zero-order valence-corrected chi connectivity index (χ0v) is 12.3. The topological polar surface area (TPSA) is 43.0 Å². The van der Waals surface area contributed by atoms with Crippen LogP contribution in [0.4, 0.5) is 0 Å². The van der Waals surface area contributed by atoms with Gasteiger partial charge >= 0.3 is 0 Å². The molecule has 1 atom stereocenters. The standard InChI is InChI=1S/C14H27N5O/c1-2-19(12-7-15-8-12)9-14(16-1)18-5-3-17(4-6-18)13-10-20-11-13/h12-16H,1-11H2. The van der Waals surface area contributed by atoms with Crippen LogP contribution in [-0.2, 0) is 4.74 Å². The summed E-state index contributed by atoms with van der Waals surface area (Å²) in [5, 5.41) is 7.10. The second-order valence-electron chi connectivity index (χ2n) is 6.54. The molecule has 1 unspecified atom stereocenters. The monoisotopic (exact) mass is 281 g/mol. The summed E-state index contributed by atoms with van der Waals surface area (Å²) in [7, 11) is 0. The number of nitrogens with one attached hydrogen (secondary N) is 2. The maximum Gasteiger partial charge on any atom is 0.0729 e. The zero-order valence-electron chi connectivity index (χ0n) is 12.3. The van der Waals surface area contributed by atoms with E-state index in [0.717, 1.165) is 25.8 Å². The lowest BCUT2D eigenvalue weighted by molar-refractivity contribution is -0.0837. The van der Waals surface area contributed by atoms with Crippen molar-refractivity contribution in [3.05, 3.63) is 0 Å². The average molecular weight is 281 g/mol. The van der Waals surface area contributed by atoms with Gasteiger partial charge in [0.05, 0.1) is 25.4 Å². The highest BCUT2D eigenvalue weighted by molar-refractivity contribution is 4.91. The highest BCUT2D eigenvalue weighted by Gasteiger charge is 2.34. The van der Waals surface area contributed by atoms with Crippen LogP contribution < -0.4 is 10.6 Å². The Kier molecular flexibility index (Phi) is 3.94. The van der Waals surface area contributed by atoms with Crippen LogP contribution in [0.5, 0.6) is 0 Å². The van der Waals surface area contributed by atoms with E-state index in [1.807, 2.05) is 0 Å². The molecule has 2 N–H and O–H groups in total. The number of hydrogen-bond acceptors (Lipinski definition) is 6. The molecule has 4 aliphatic heterocycles. The maximum absolute atomic E-state index is 5.31. The van der Waals surface area contributed by atoms with Crippen molar-refractivity contribution in [3.63, 3.8) is 0 Å². The van der Waals surface area contributed by atoms with E-state index in [1.165, 1.54) is 52.4 Å². The first kappa shape index (κ1) is 13.4. The molecule has 0 spiro atoms. The number of ether oxygens (including phenoxy) is 1. The molecule has 0 bridgehead atoms. The molecule has 4 saturated heterocycles. The van der Waals surface area contributed by atoms with Crippen molar-refractivity contribution in [2.75, 3.05) is 72.1 Å². The van der Waals surface area contributed by atoms with Crippen LogP contribution in [0.1, 0.15) is 0 Å². The summed E-state index contributed by atoms with van der Waals surface area (Å²) in [5.74, 6) is 0. The van der Waals surface area contributed by atoms with Gasteiger partial charge in [-0.25, -0.2) is 0 Å². The van der Waals surface area contributed by atoms with E-state index in [-0.39, 0.29) is 0 Å². The quantitative estimate of drug-likeness (QED) is 0.637. The van der Waals surface area contributed by atoms with Crippen molar-refractivity contribution in [3.8, 4) is 0 Å². The van der Waals surface area contributed by atoms with Gasteiger partial charge in [0.1, 0.15) is 0 Å². The number of rotatable bonds is 3. The average Bonchev–Trinajstić information content (AvgIpc) is 2.36. The third-order valence-corrected chi connectivity index (χ3v) is 5.39. The maximum atomic E-state index is 5.31. The Hall–Kier alpha value is -0.240. The molecular formula is C14H27N5O. The third-order valence-electron chi connectivity index (χ3n) is 5.39. The molecular weight excluding hydrogens is 254 g/mol. The molecule has 0 aromatic heterocycles. The molecule has 4 aliphatic rings. The van der Waals surface area contributed by atoms with Crippen LogP contribution in [0.3, 0.4) is 0 Å². The highest BCUT2D eigenvalue weighted by atomic mass is 16.5. The summed E-state index contributed by atoms with van der Waals surface area (Å²) >= 11 is 0. The van der Waals surface area contributed by atoms with Crippen molar-refractivity contribution >= 4 is 0 Å². The summed E-state index contributed by atoms with van der Waals surface area (Å²) in [5.41, 5.74) is 0. The number of piperazine rings is 2. The van der Waals surface area contributed by atoms with Crippen LogP contribution >= 0.6 is 0 Å². The molecule has 6 nitrogen and oxygen atoms in total. The second-order valence-corrected chi connectivity index (χ2v) is 6.54. The van der Waals surface area contributed by atoms with Crippen LogP contribution in [0.2, 0.25) is 0 Å². The lowest BCUT2D eigenvalue weighted by atomic mass is 10.1. The predicted molar refractivity (Wildman–Crippen MR) is 77.8 cm³/mol. The summed E-state index contributed by atoms with van der Waals surface area (Å²) < 4.78 is 5.31. The molecule has 0 aromatic carbocycles. The van der Waals surface area contributed by atoms with Gasteiger partial charge in [0, 0.05) is 64.9 Å². The van der Waals surface area contributed by atoms with Gasteiger partial charge in [-0.3, -0.25) is 20.0 Å². The van der Waals surface area contributed by atoms with E-state index in [1.54, 1.807) is 0 Å². The van der Waals surface area contributed by atoms with Gasteiger partial charge in [-0.1, -0.05) is 0 Å². The summed E-state index contributed by atoms with van der Waals surface area (Å²) in [6, 6.07) is 1.49. The fourth-order valence-electron chi connectivity index (χ4n) is 3.71. The first-order chi connectivity index (χ1) is 9.90. The van der Waals surface area contributed by atoms with Crippen molar-refractivity contribution in [2.24, 2.45) is 0 Å². The summed E-state index contributed by atoms with van der Waals surface area (Å²) in [4.78, 5) is 7.93. The van der Waals surface area contributed by atoms with E-state index in [2.05, 4.69) is 25.3 Å². The zero-order chi connectivity index (χ0) is 13.4. The fourth-order valence-corrected chi connectivity index (χ4v) is 3.71. The Morgan fingerprint density at radius 2 is 1.55 bits per heavy atom. The molecule has 6 heteroatoms. The predicted octanol–water partition coefficient (Wildman–Crippen LogP) is -1.79. The minimum atomic E-state index is 0.559. The largest absolute Gasteiger partial charge is 0.378 e. The molecule has 0 aliphatic carbocycles. The molecule has 4 rings (SSSR count). The van der Waals surface area contributed by atoms with E-state index < -0.39 is 0 Å². The normalized spacial score (nSPS) is 35.7. The minimum absolute atomic E-state index is 0.559. The minimum Gasteiger partial charge on any atom is -0.378 e. The van der Waals surface area contributed by atoms with E-state index in [9.17, 15) is 0 Å². The van der Waals surface area contributed by atoms with Crippen molar-refractivity contribution in [1.29, 1.82) is 0 Å². The lowest BCUT2D eigenvalue weighted by Gasteiger charge is -2.49. The molecule has 4 fully saturated rings. The Balaban J connectivity index is 1.27. The Labute approximate surface area is 121 Å². The highest BCUT2D eigenvalue weighted by Crippen LogP contribution is 2.16. The number of hydrogen-bond donors (Lipinski definition) is 2. The van der Waals surface area contributed by atoms with Gasteiger partial charge in [-0.2, -0.15) is 0 Å². The van der Waals surface area contributed by atoms with Crippen LogP contribution in [0.15, 0.2) is 0 Å². The van der Waals surface area contributed by atoms with Crippen LogP contribution in [0.25, 0.3) is 0 Å². The first-order valence-electron chi connectivity index (χ1n) is 8.14. The molecule has 4 heterocycles. The van der Waals surface area contributed by atoms with Crippen molar-refractivity contribution in [2.45, 2.75) is 18.2 Å². The molecule has 0 radical (unpaired) electrons. The number of nitrogens with zero attached hydrogens (tertiary/aromatic N) is 3. The van der Waals surface area contributed by atoms with Crippen LogP contribution in [0, 0.1) is 0 Å². The smallest absolute Gasteiger partial charge is 0.0729 e. The fraction of sp³-hybridized carbons (Fsp3) is 1.00. The molecule has 20 heavy (non-hydrogen) atoms. The summed E-state index contributed by atoms with van der Waals surface area (Å²) in [6.07, 6.45) is 0.559. The van der Waals surface area contributed by atoms with Gasteiger partial charge in [0.25, 0.3) is 0 Å². The first-order valence-corrected chi connectivity index (χ1v) is 8.14.